The quantitative estimate of drug-likeness (QED) is 0.764. The van der Waals surface area contributed by atoms with Gasteiger partial charge in [-0.3, -0.25) is 19.3 Å². The number of nitrogens with one attached hydrogen (secondary N) is 1. The number of nitrogens with zero attached hydrogens (tertiary/aromatic N) is 1. The smallest absolute Gasteiger partial charge is 0.293 e. The second kappa shape index (κ2) is 8.66. The number of amides is 3. The summed E-state index contributed by atoms with van der Waals surface area (Å²) in [5.74, 6) is -0.502. The Morgan fingerprint density at radius 1 is 1.10 bits per heavy atom. The minimum Gasteiger partial charge on any atom is -0.354 e. The van der Waals surface area contributed by atoms with E-state index >= 15 is 0 Å². The van der Waals surface area contributed by atoms with Gasteiger partial charge in [0.05, 0.1) is 10.8 Å². The number of imide groups is 1. The van der Waals surface area contributed by atoms with Crippen molar-refractivity contribution in [1.29, 1.82) is 0 Å². The molecule has 29 heavy (non-hydrogen) atoms. The number of carbonyl (C=O) groups is 3. The van der Waals surface area contributed by atoms with Gasteiger partial charge in [-0.1, -0.05) is 54.6 Å². The molecule has 0 aromatic heterocycles. The lowest BCUT2D eigenvalue weighted by molar-refractivity contribution is -0.125. The highest BCUT2D eigenvalue weighted by Gasteiger charge is 2.35. The first-order chi connectivity index (χ1) is 14.1. The molecule has 2 aromatic carbocycles. The van der Waals surface area contributed by atoms with Gasteiger partial charge in [0.15, 0.2) is 0 Å². The molecule has 1 N–H and O–H groups in total. The topological polar surface area (TPSA) is 66.5 Å². The molecule has 5 nitrogen and oxygen atoms in total. The molecule has 0 saturated carbocycles. The van der Waals surface area contributed by atoms with Gasteiger partial charge in [-0.15, -0.1) is 0 Å². The molecule has 0 bridgehead atoms. The molecule has 1 aliphatic carbocycles. The third-order valence-electron chi connectivity index (χ3n) is 5.29. The Labute approximate surface area is 174 Å². The highest BCUT2D eigenvalue weighted by atomic mass is 32.2. The van der Waals surface area contributed by atoms with Crippen molar-refractivity contribution >= 4 is 34.9 Å². The van der Waals surface area contributed by atoms with Crippen LogP contribution in [-0.4, -0.2) is 35.0 Å². The summed E-state index contributed by atoms with van der Waals surface area (Å²) < 4.78 is 0. The molecular formula is C23H22N2O3S. The van der Waals surface area contributed by atoms with E-state index in [-0.39, 0.29) is 36.1 Å². The zero-order valence-corrected chi connectivity index (χ0v) is 16.8. The third-order valence-corrected chi connectivity index (χ3v) is 6.20. The number of carbonyl (C=O) groups excluding carboxylic acids is 3. The van der Waals surface area contributed by atoms with Gasteiger partial charge < -0.3 is 5.32 Å². The van der Waals surface area contributed by atoms with Crippen LogP contribution >= 0.6 is 11.8 Å². The van der Waals surface area contributed by atoms with Crippen molar-refractivity contribution in [1.82, 2.24) is 10.2 Å². The maximum atomic E-state index is 12.7. The van der Waals surface area contributed by atoms with Gasteiger partial charge in [0.2, 0.25) is 5.91 Å². The molecule has 4 rings (SSSR count). The molecule has 1 saturated heterocycles. The molecule has 1 heterocycles. The Balaban J connectivity index is 1.35. The van der Waals surface area contributed by atoms with E-state index in [0.717, 1.165) is 42.2 Å². The summed E-state index contributed by atoms with van der Waals surface area (Å²) in [5.41, 5.74) is 3.20. The predicted molar refractivity (Wildman–Crippen MR) is 114 cm³/mol. The van der Waals surface area contributed by atoms with Crippen LogP contribution in [-0.2, 0) is 16.0 Å². The first-order valence-corrected chi connectivity index (χ1v) is 10.6. The fourth-order valence-corrected chi connectivity index (χ4v) is 4.70. The monoisotopic (exact) mass is 406 g/mol. The van der Waals surface area contributed by atoms with Crippen molar-refractivity contribution < 1.29 is 14.4 Å². The van der Waals surface area contributed by atoms with Crippen molar-refractivity contribution in [2.24, 2.45) is 0 Å². The first-order valence-electron chi connectivity index (χ1n) is 9.79. The van der Waals surface area contributed by atoms with Crippen LogP contribution < -0.4 is 5.32 Å². The minimum atomic E-state index is -0.305. The summed E-state index contributed by atoms with van der Waals surface area (Å²) in [6, 6.07) is 17.5. The van der Waals surface area contributed by atoms with Crippen LogP contribution in [0.25, 0.3) is 6.08 Å². The van der Waals surface area contributed by atoms with Crippen LogP contribution in [0.5, 0.6) is 0 Å². The van der Waals surface area contributed by atoms with Gasteiger partial charge in [-0.2, -0.15) is 0 Å². The number of hydrogen-bond acceptors (Lipinski definition) is 4. The molecule has 0 radical (unpaired) electrons. The van der Waals surface area contributed by atoms with E-state index < -0.39 is 0 Å². The number of benzene rings is 2. The Hall–Kier alpha value is -2.86. The molecule has 6 heteroatoms. The molecule has 0 spiro atoms. The van der Waals surface area contributed by atoms with E-state index in [1.54, 1.807) is 6.08 Å². The molecule has 148 valence electrons. The van der Waals surface area contributed by atoms with Gasteiger partial charge in [-0.05, 0) is 53.8 Å². The van der Waals surface area contributed by atoms with Gasteiger partial charge in [-0.25, -0.2) is 0 Å². The molecular weight excluding hydrogens is 384 g/mol. The highest BCUT2D eigenvalue weighted by Crippen LogP contribution is 2.33. The number of aryl methyl sites for hydroxylation is 1. The Kier molecular flexibility index (Phi) is 5.81. The van der Waals surface area contributed by atoms with Crippen molar-refractivity contribution in [3.8, 4) is 0 Å². The largest absolute Gasteiger partial charge is 0.354 e. The summed E-state index contributed by atoms with van der Waals surface area (Å²) in [6.07, 6.45) is 4.54. The van der Waals surface area contributed by atoms with Gasteiger partial charge >= 0.3 is 0 Å². The molecule has 2 aliphatic rings. The van der Waals surface area contributed by atoms with E-state index in [4.69, 9.17) is 0 Å². The van der Waals surface area contributed by atoms with Gasteiger partial charge in [0.25, 0.3) is 11.1 Å². The maximum Gasteiger partial charge on any atom is 0.293 e. The van der Waals surface area contributed by atoms with Gasteiger partial charge in [0.1, 0.15) is 0 Å². The summed E-state index contributed by atoms with van der Waals surface area (Å²) in [6.45, 7) is 0.436. The molecule has 2 aromatic rings. The minimum absolute atomic E-state index is 0.0380. The second-order valence-corrected chi connectivity index (χ2v) is 8.17. The van der Waals surface area contributed by atoms with Crippen LogP contribution in [0.1, 0.15) is 35.4 Å². The third kappa shape index (κ3) is 4.27. The van der Waals surface area contributed by atoms with Crippen molar-refractivity contribution in [3.05, 3.63) is 76.2 Å². The average molecular weight is 407 g/mol. The van der Waals surface area contributed by atoms with E-state index in [1.807, 2.05) is 48.5 Å². The number of rotatable bonds is 5. The molecule has 1 aliphatic heterocycles. The van der Waals surface area contributed by atoms with E-state index in [1.165, 1.54) is 10.5 Å². The fraction of sp³-hybridized carbons (Fsp3) is 0.261. The van der Waals surface area contributed by atoms with Crippen LogP contribution in [0.4, 0.5) is 4.79 Å². The predicted octanol–water partition coefficient (Wildman–Crippen LogP) is 3.96. The molecule has 1 atom stereocenters. The number of fused-ring (bicyclic) bond motifs is 1. The lowest BCUT2D eigenvalue weighted by Gasteiger charge is -2.25. The standard InChI is InChI=1S/C23H22N2O3S/c26-21(19-12-6-10-17-9-4-5-11-18(17)19)24-13-14-25-22(27)20(29-23(25)28)15-16-7-2-1-3-8-16/h1-5,7-9,11,15,19H,6,10,12-14H2,(H,24,26)/b20-15-. The van der Waals surface area contributed by atoms with Crippen molar-refractivity contribution in [3.63, 3.8) is 0 Å². The van der Waals surface area contributed by atoms with Crippen molar-refractivity contribution in [2.45, 2.75) is 25.2 Å². The molecule has 3 amide bonds. The zero-order chi connectivity index (χ0) is 20.2. The second-order valence-electron chi connectivity index (χ2n) is 7.18. The van der Waals surface area contributed by atoms with E-state index in [0.29, 0.717) is 4.91 Å². The lowest BCUT2D eigenvalue weighted by Crippen LogP contribution is -2.39. The van der Waals surface area contributed by atoms with Crippen molar-refractivity contribution in [2.75, 3.05) is 13.1 Å². The zero-order valence-electron chi connectivity index (χ0n) is 16.0. The molecule has 1 fully saturated rings. The maximum absolute atomic E-state index is 12.7. The molecule has 1 unspecified atom stereocenters. The summed E-state index contributed by atoms with van der Waals surface area (Å²) in [4.78, 5) is 39.1. The van der Waals surface area contributed by atoms with Crippen LogP contribution in [0.15, 0.2) is 59.5 Å². The van der Waals surface area contributed by atoms with Crippen LogP contribution in [0.2, 0.25) is 0 Å². The summed E-state index contributed by atoms with van der Waals surface area (Å²) in [5, 5.41) is 2.62. The summed E-state index contributed by atoms with van der Waals surface area (Å²) >= 11 is 0.940. The SMILES string of the molecule is O=C(NCCN1C(=O)S/C(=C\c2ccccc2)C1=O)C1CCCc2ccccc21. The Bertz CT molecular complexity index is 971. The fourth-order valence-electron chi connectivity index (χ4n) is 3.83. The van der Waals surface area contributed by atoms with E-state index in [2.05, 4.69) is 11.4 Å². The van der Waals surface area contributed by atoms with Crippen LogP contribution in [0.3, 0.4) is 0 Å². The van der Waals surface area contributed by atoms with E-state index in [9.17, 15) is 14.4 Å². The lowest BCUT2D eigenvalue weighted by atomic mass is 9.82. The normalized spacial score (nSPS) is 20.1. The summed E-state index contributed by atoms with van der Waals surface area (Å²) in [7, 11) is 0. The Morgan fingerprint density at radius 3 is 2.69 bits per heavy atom. The number of thioether (sulfide) groups is 1. The highest BCUT2D eigenvalue weighted by molar-refractivity contribution is 8.18. The van der Waals surface area contributed by atoms with Crippen LogP contribution in [0, 0.1) is 0 Å². The first kappa shape index (κ1) is 19.5. The Morgan fingerprint density at radius 2 is 1.86 bits per heavy atom. The van der Waals surface area contributed by atoms with Gasteiger partial charge in [0, 0.05) is 13.1 Å². The average Bonchev–Trinajstić information content (AvgIpc) is 3.01. The number of hydrogen-bond donors (Lipinski definition) is 1.